The number of carboxylic acid groups (broad SMARTS) is 1. The summed E-state index contributed by atoms with van der Waals surface area (Å²) in [6, 6.07) is -5.19. The van der Waals surface area contributed by atoms with E-state index in [1.807, 2.05) is 5.32 Å². The fourth-order valence-electron chi connectivity index (χ4n) is 1.53. The molecular weight excluding hydrogens is 372 g/mol. The number of aliphatic hydroxyl groups is 2. The largest absolute Gasteiger partial charge is 0.480 e. The number of aliphatic hydroxyl groups excluding tert-OH is 2. The van der Waals surface area contributed by atoms with Crippen LogP contribution < -0.4 is 33.0 Å². The van der Waals surface area contributed by atoms with E-state index in [1.165, 1.54) is 0 Å². The van der Waals surface area contributed by atoms with Crippen LogP contribution in [0.15, 0.2) is 0 Å². The van der Waals surface area contributed by atoms with Gasteiger partial charge in [-0.2, -0.15) is 0 Å². The van der Waals surface area contributed by atoms with Gasteiger partial charge in [-0.05, 0) is 6.92 Å². The van der Waals surface area contributed by atoms with Crippen molar-refractivity contribution in [3.05, 3.63) is 0 Å². The Hall–Kier alpha value is -2.55. The molecule has 0 radical (unpaired) electrons. The first-order chi connectivity index (χ1) is 12.0. The lowest BCUT2D eigenvalue weighted by molar-refractivity contribution is -0.141. The Morgan fingerprint density at radius 2 is 1.73 bits per heavy atom. The second-order valence-corrected chi connectivity index (χ2v) is 5.60. The predicted molar refractivity (Wildman–Crippen MR) is 91.3 cm³/mol. The Balaban J connectivity index is 4.90. The lowest BCUT2D eigenvalue weighted by Crippen LogP contribution is -2.59. The van der Waals surface area contributed by atoms with Crippen LogP contribution in [0.5, 0.6) is 0 Å². The van der Waals surface area contributed by atoms with Gasteiger partial charge in [-0.25, -0.2) is 9.59 Å². The summed E-state index contributed by atoms with van der Waals surface area (Å²) in [5, 5.41) is 31.0. The van der Waals surface area contributed by atoms with Gasteiger partial charge in [0, 0.05) is 0 Å². The van der Waals surface area contributed by atoms with Gasteiger partial charge in [0.25, 0.3) is 5.91 Å². The highest BCUT2D eigenvalue weighted by atomic mass is 32.1. The van der Waals surface area contributed by atoms with Gasteiger partial charge in [0.05, 0.1) is 25.2 Å². The van der Waals surface area contributed by atoms with E-state index in [1.54, 1.807) is 0 Å². The van der Waals surface area contributed by atoms with Crippen LogP contribution in [0.4, 0.5) is 4.79 Å². The first-order valence-corrected chi connectivity index (χ1v) is 7.62. The molecule has 1 unspecified atom stereocenters. The number of hydrogen-bond acceptors (Lipinski definition) is 8. The van der Waals surface area contributed by atoms with Crippen LogP contribution in [0.2, 0.25) is 0 Å². The Bertz CT molecular complexity index is 558. The average molecular weight is 394 g/mol. The number of carbonyl (C=O) groups excluding carboxylic acids is 3. The molecule has 0 aliphatic heterocycles. The molecule has 4 atom stereocenters. The van der Waals surface area contributed by atoms with Gasteiger partial charge >= 0.3 is 12.0 Å². The molecule has 26 heavy (non-hydrogen) atoms. The maximum atomic E-state index is 12.0. The van der Waals surface area contributed by atoms with E-state index < -0.39 is 61.1 Å². The van der Waals surface area contributed by atoms with E-state index in [2.05, 4.69) is 16.2 Å². The number of aliphatic carboxylic acids is 1. The summed E-state index contributed by atoms with van der Waals surface area (Å²) in [4.78, 5) is 45.7. The van der Waals surface area contributed by atoms with Gasteiger partial charge < -0.3 is 37.4 Å². The number of carboxylic acids is 1. The molecule has 0 aliphatic carbocycles. The van der Waals surface area contributed by atoms with Crippen molar-refractivity contribution in [2.24, 2.45) is 11.5 Å². The molecule has 0 bridgehead atoms. The molecule has 14 heteroatoms. The van der Waals surface area contributed by atoms with E-state index in [4.69, 9.17) is 33.9 Å². The molecule has 4 amide bonds. The van der Waals surface area contributed by atoms with E-state index in [0.29, 0.717) is 0 Å². The van der Waals surface area contributed by atoms with Gasteiger partial charge in [-0.15, -0.1) is 0 Å². The zero-order valence-electron chi connectivity index (χ0n) is 13.8. The summed E-state index contributed by atoms with van der Waals surface area (Å²) in [5.41, 5.74) is 14.7. The average Bonchev–Trinajstić information content (AvgIpc) is 2.54. The number of hydrogen-bond donors (Lipinski definition) is 9. The van der Waals surface area contributed by atoms with Crippen LogP contribution in [0.1, 0.15) is 13.3 Å². The monoisotopic (exact) mass is 394 g/mol. The molecule has 0 rings (SSSR count). The van der Waals surface area contributed by atoms with E-state index >= 15 is 0 Å². The lowest BCUT2D eigenvalue weighted by atomic mass is 10.1. The van der Waals surface area contributed by atoms with Crippen LogP contribution in [-0.2, 0) is 14.4 Å². The molecule has 11 N–H and O–H groups in total. The van der Waals surface area contributed by atoms with E-state index in [-0.39, 0.29) is 4.99 Å². The number of urea groups is 1. The molecule has 0 saturated heterocycles. The number of primary amides is 1. The van der Waals surface area contributed by atoms with Crippen LogP contribution in [-0.4, -0.2) is 75.0 Å². The molecule has 0 fully saturated rings. The van der Waals surface area contributed by atoms with Crippen LogP contribution in [0, 0.1) is 0 Å². The molecule has 148 valence electrons. The molecule has 0 aliphatic rings. The third-order valence-electron chi connectivity index (χ3n) is 2.90. The van der Waals surface area contributed by atoms with Crippen molar-refractivity contribution in [2.45, 2.75) is 37.6 Å². The minimum absolute atomic E-state index is 0.108. The highest BCUT2D eigenvalue weighted by Crippen LogP contribution is 1.96. The quantitative estimate of drug-likeness (QED) is 0.135. The van der Waals surface area contributed by atoms with Gasteiger partial charge in [0.2, 0.25) is 5.91 Å². The SMILES string of the molecule is CC(O)[C@H](NC(=O)N[C@@H](CC(N)=O)C(=O)NNC(=S)[C@@H](N)CO)C(=O)O. The van der Waals surface area contributed by atoms with Crippen molar-refractivity contribution in [1.29, 1.82) is 0 Å². The van der Waals surface area contributed by atoms with Crippen LogP contribution in [0.25, 0.3) is 0 Å². The number of nitrogens with one attached hydrogen (secondary N) is 4. The van der Waals surface area contributed by atoms with Crippen molar-refractivity contribution in [1.82, 2.24) is 21.5 Å². The molecule has 0 aromatic carbocycles. The molecule has 0 aromatic heterocycles. The van der Waals surface area contributed by atoms with Crippen LogP contribution in [0.3, 0.4) is 0 Å². The van der Waals surface area contributed by atoms with E-state index in [9.17, 15) is 24.3 Å². The van der Waals surface area contributed by atoms with Gasteiger partial charge in [-0.1, -0.05) is 12.2 Å². The topological polar surface area (TPSA) is 229 Å². The minimum Gasteiger partial charge on any atom is -0.480 e. The normalized spacial score (nSPS) is 14.9. The summed E-state index contributed by atoms with van der Waals surface area (Å²) in [6.07, 6.45) is -2.02. The number of carbonyl (C=O) groups is 4. The minimum atomic E-state index is -1.64. The van der Waals surface area contributed by atoms with Gasteiger partial charge in [0.15, 0.2) is 6.04 Å². The molecular formula is C12H22N6O7S. The summed E-state index contributed by atoms with van der Waals surface area (Å²) >= 11 is 4.78. The van der Waals surface area contributed by atoms with Crippen LogP contribution >= 0.6 is 12.2 Å². The molecule has 13 nitrogen and oxygen atoms in total. The summed E-state index contributed by atoms with van der Waals surface area (Å²) < 4.78 is 0. The van der Waals surface area contributed by atoms with Crippen molar-refractivity contribution < 1.29 is 34.5 Å². The summed E-state index contributed by atoms with van der Waals surface area (Å²) in [6.45, 7) is 0.658. The predicted octanol–water partition coefficient (Wildman–Crippen LogP) is -4.37. The van der Waals surface area contributed by atoms with E-state index in [0.717, 1.165) is 6.92 Å². The highest BCUT2D eigenvalue weighted by molar-refractivity contribution is 7.80. The maximum absolute atomic E-state index is 12.0. The van der Waals surface area contributed by atoms with Crippen molar-refractivity contribution in [3.63, 3.8) is 0 Å². The molecule has 0 spiro atoms. The Kier molecular flexibility index (Phi) is 10.0. The maximum Gasteiger partial charge on any atom is 0.328 e. The second kappa shape index (κ2) is 11.1. The summed E-state index contributed by atoms with van der Waals surface area (Å²) in [5.74, 6) is -3.36. The van der Waals surface area contributed by atoms with Crippen molar-refractivity contribution >= 4 is 41.0 Å². The van der Waals surface area contributed by atoms with Crippen molar-refractivity contribution in [2.75, 3.05) is 6.61 Å². The van der Waals surface area contributed by atoms with Gasteiger partial charge in [0.1, 0.15) is 11.0 Å². The standard InChI is InChI=1S/C12H22N6O7S/c1-4(20)8(11(23)24)16-12(25)15-6(2-7(14)21)9(22)17-18-10(26)5(13)3-19/h4-6,8,19-20H,2-3,13H2,1H3,(H2,14,21)(H,17,22)(H,18,26)(H,23,24)(H2,15,16,25)/t4?,5-,6-,8-/m0/s1. The molecule has 0 aromatic rings. The number of amides is 4. The third-order valence-corrected chi connectivity index (χ3v) is 3.31. The Morgan fingerprint density at radius 1 is 1.15 bits per heavy atom. The smallest absolute Gasteiger partial charge is 0.328 e. The fourth-order valence-corrected chi connectivity index (χ4v) is 1.65. The Labute approximate surface area is 153 Å². The number of rotatable bonds is 9. The number of hydrazine groups is 1. The first kappa shape index (κ1) is 23.4. The molecule has 0 saturated carbocycles. The zero-order chi connectivity index (χ0) is 20.4. The number of nitrogens with two attached hydrogens (primary N) is 2. The van der Waals surface area contributed by atoms with Crippen molar-refractivity contribution in [3.8, 4) is 0 Å². The first-order valence-electron chi connectivity index (χ1n) is 7.21. The zero-order valence-corrected chi connectivity index (χ0v) is 14.6. The fraction of sp³-hybridized carbons (Fsp3) is 0.583. The second-order valence-electron chi connectivity index (χ2n) is 5.16. The third kappa shape index (κ3) is 8.52. The summed E-state index contributed by atoms with van der Waals surface area (Å²) in [7, 11) is 0. The number of thiocarbonyl (C=S) groups is 1. The highest BCUT2D eigenvalue weighted by Gasteiger charge is 2.28. The molecule has 0 heterocycles. The lowest BCUT2D eigenvalue weighted by Gasteiger charge is -2.22. The Morgan fingerprint density at radius 3 is 2.15 bits per heavy atom. The van der Waals surface area contributed by atoms with Gasteiger partial charge in [-0.3, -0.25) is 20.4 Å².